The van der Waals surface area contributed by atoms with Gasteiger partial charge in [-0.15, -0.1) is 6.58 Å². The van der Waals surface area contributed by atoms with Gasteiger partial charge in [0.1, 0.15) is 0 Å². The predicted molar refractivity (Wildman–Crippen MR) is 97.7 cm³/mol. The maximum Gasteiger partial charge on any atom is 0.243 e. The smallest absolute Gasteiger partial charge is 0.243 e. The van der Waals surface area contributed by atoms with Crippen LogP contribution in [-0.4, -0.2) is 48.7 Å². The molecule has 5 nitrogen and oxygen atoms in total. The molecule has 2 saturated heterocycles. The molecule has 3 rings (SSSR count). The number of rotatable bonds is 4. The first kappa shape index (κ1) is 18.1. The van der Waals surface area contributed by atoms with E-state index < -0.39 is 15.6 Å². The molecule has 0 aliphatic carbocycles. The highest BCUT2D eigenvalue weighted by atomic mass is 32.2. The van der Waals surface area contributed by atoms with E-state index in [0.29, 0.717) is 31.0 Å². The summed E-state index contributed by atoms with van der Waals surface area (Å²) in [4.78, 5) is 14.6. The highest BCUT2D eigenvalue weighted by molar-refractivity contribution is 7.89. The van der Waals surface area contributed by atoms with Crippen LogP contribution in [0.3, 0.4) is 0 Å². The summed E-state index contributed by atoms with van der Waals surface area (Å²) in [6, 6.07) is 7.03. The van der Waals surface area contributed by atoms with Crippen LogP contribution in [0.25, 0.3) is 0 Å². The second kappa shape index (κ2) is 6.92. The van der Waals surface area contributed by atoms with Gasteiger partial charge in [0.05, 0.1) is 10.4 Å². The van der Waals surface area contributed by atoms with E-state index >= 15 is 0 Å². The van der Waals surface area contributed by atoms with E-state index in [2.05, 4.69) is 6.58 Å². The Morgan fingerprint density at radius 1 is 1.28 bits per heavy atom. The summed E-state index contributed by atoms with van der Waals surface area (Å²) in [7, 11) is -3.55. The fourth-order valence-corrected chi connectivity index (χ4v) is 5.82. The van der Waals surface area contributed by atoms with Crippen molar-refractivity contribution in [3.05, 3.63) is 42.5 Å². The van der Waals surface area contributed by atoms with Gasteiger partial charge in [0.25, 0.3) is 0 Å². The molecule has 1 aromatic carbocycles. The molecule has 2 heterocycles. The van der Waals surface area contributed by atoms with Crippen molar-refractivity contribution in [3.63, 3.8) is 0 Å². The van der Waals surface area contributed by atoms with Gasteiger partial charge in [-0.1, -0.05) is 18.2 Å². The third-order valence-corrected chi connectivity index (χ3v) is 7.21. The van der Waals surface area contributed by atoms with Crippen LogP contribution < -0.4 is 0 Å². The molecule has 0 unspecified atom stereocenters. The Balaban J connectivity index is 1.92. The first-order valence-corrected chi connectivity index (χ1v) is 10.3. The second-order valence-corrected chi connectivity index (χ2v) is 9.07. The van der Waals surface area contributed by atoms with Crippen molar-refractivity contribution in [1.82, 2.24) is 9.21 Å². The summed E-state index contributed by atoms with van der Waals surface area (Å²) in [6.07, 6.45) is 5.58. The largest absolute Gasteiger partial charge is 0.332 e. The van der Waals surface area contributed by atoms with Gasteiger partial charge in [-0.3, -0.25) is 4.79 Å². The van der Waals surface area contributed by atoms with Gasteiger partial charge in [0.2, 0.25) is 15.9 Å². The number of piperidine rings is 2. The minimum Gasteiger partial charge on any atom is -0.332 e. The third kappa shape index (κ3) is 3.37. The Bertz CT molecular complexity index is 771. The molecular formula is C19H26N2O3S. The first-order chi connectivity index (χ1) is 11.9. The van der Waals surface area contributed by atoms with E-state index in [-0.39, 0.29) is 5.91 Å². The highest BCUT2D eigenvalue weighted by Crippen LogP contribution is 2.38. The molecular weight excluding hydrogens is 336 g/mol. The number of hydrogen-bond acceptors (Lipinski definition) is 3. The van der Waals surface area contributed by atoms with Gasteiger partial charge >= 0.3 is 0 Å². The molecule has 1 spiro atoms. The van der Waals surface area contributed by atoms with Gasteiger partial charge in [-0.05, 0) is 50.3 Å². The van der Waals surface area contributed by atoms with E-state index in [4.69, 9.17) is 0 Å². The molecule has 1 aromatic rings. The van der Waals surface area contributed by atoms with Crippen LogP contribution in [0.15, 0.2) is 41.8 Å². The van der Waals surface area contributed by atoms with Crippen molar-refractivity contribution in [2.24, 2.45) is 0 Å². The van der Waals surface area contributed by atoms with Crippen LogP contribution in [0.2, 0.25) is 0 Å². The van der Waals surface area contributed by atoms with Gasteiger partial charge in [0.15, 0.2) is 0 Å². The van der Waals surface area contributed by atoms with E-state index in [1.54, 1.807) is 28.6 Å². The van der Waals surface area contributed by atoms with Crippen LogP contribution >= 0.6 is 0 Å². The lowest BCUT2D eigenvalue weighted by Gasteiger charge is -2.51. The number of aryl methyl sites for hydroxylation is 1. The molecule has 0 radical (unpaired) electrons. The summed E-state index contributed by atoms with van der Waals surface area (Å²) >= 11 is 0. The van der Waals surface area contributed by atoms with Crippen molar-refractivity contribution in [2.45, 2.75) is 49.5 Å². The standard InChI is InChI=1S/C19H26N2O3S/c1-3-12-21-18(22)9-5-10-19(21)11-6-13-20(15-19)25(23,24)17-8-4-7-16(2)14-17/h3-4,7-8,14H,1,5-6,9-13,15H2,2H3/t19-/m0/s1. The normalized spacial score (nSPS) is 25.3. The number of hydrogen-bond donors (Lipinski definition) is 0. The zero-order chi connectivity index (χ0) is 18.1. The molecule has 2 fully saturated rings. The SMILES string of the molecule is C=CCN1C(=O)CCC[C@@]12CCCN(S(=O)(=O)c1cccc(C)c1)C2. The Morgan fingerprint density at radius 2 is 2.04 bits per heavy atom. The van der Waals surface area contributed by atoms with Crippen molar-refractivity contribution in [3.8, 4) is 0 Å². The van der Waals surface area contributed by atoms with Crippen molar-refractivity contribution in [2.75, 3.05) is 19.6 Å². The molecule has 0 bridgehead atoms. The number of amides is 1. The number of sulfonamides is 1. The molecule has 25 heavy (non-hydrogen) atoms. The quantitative estimate of drug-likeness (QED) is 0.774. The number of carbonyl (C=O) groups excluding carboxylic acids is 1. The van der Waals surface area contributed by atoms with Crippen LogP contribution in [0, 0.1) is 6.92 Å². The average Bonchev–Trinajstić information content (AvgIpc) is 2.59. The Morgan fingerprint density at radius 3 is 2.76 bits per heavy atom. The molecule has 136 valence electrons. The highest BCUT2D eigenvalue weighted by Gasteiger charge is 2.47. The van der Waals surface area contributed by atoms with Crippen LogP contribution in [0.1, 0.15) is 37.7 Å². The van der Waals surface area contributed by atoms with E-state index in [9.17, 15) is 13.2 Å². The topological polar surface area (TPSA) is 57.7 Å². The Labute approximate surface area is 150 Å². The van der Waals surface area contributed by atoms with Crippen molar-refractivity contribution in [1.29, 1.82) is 0 Å². The maximum atomic E-state index is 13.1. The van der Waals surface area contributed by atoms with Crippen LogP contribution in [-0.2, 0) is 14.8 Å². The second-order valence-electron chi connectivity index (χ2n) is 7.13. The van der Waals surface area contributed by atoms with E-state index in [1.165, 1.54) is 0 Å². The fraction of sp³-hybridized carbons (Fsp3) is 0.526. The number of carbonyl (C=O) groups is 1. The van der Waals surface area contributed by atoms with Crippen LogP contribution in [0.4, 0.5) is 0 Å². The van der Waals surface area contributed by atoms with Crippen LogP contribution in [0.5, 0.6) is 0 Å². The Kier molecular flexibility index (Phi) is 5.02. The van der Waals surface area contributed by atoms with Crippen molar-refractivity contribution < 1.29 is 13.2 Å². The predicted octanol–water partition coefficient (Wildman–Crippen LogP) is 2.72. The lowest BCUT2D eigenvalue weighted by atomic mass is 9.80. The zero-order valence-electron chi connectivity index (χ0n) is 14.8. The first-order valence-electron chi connectivity index (χ1n) is 8.87. The van der Waals surface area contributed by atoms with E-state index in [1.807, 2.05) is 17.9 Å². The summed E-state index contributed by atoms with van der Waals surface area (Å²) in [5.74, 6) is 0.112. The molecule has 0 aromatic heterocycles. The van der Waals surface area contributed by atoms with Crippen molar-refractivity contribution >= 4 is 15.9 Å². The molecule has 0 saturated carbocycles. The zero-order valence-corrected chi connectivity index (χ0v) is 15.6. The van der Waals surface area contributed by atoms with Gasteiger partial charge in [0, 0.05) is 26.1 Å². The van der Waals surface area contributed by atoms with E-state index in [0.717, 1.165) is 31.2 Å². The summed E-state index contributed by atoms with van der Waals surface area (Å²) in [6.45, 7) is 7.03. The third-order valence-electron chi connectivity index (χ3n) is 5.37. The number of nitrogens with zero attached hydrogens (tertiary/aromatic N) is 2. The summed E-state index contributed by atoms with van der Waals surface area (Å²) in [5, 5.41) is 0. The van der Waals surface area contributed by atoms with Gasteiger partial charge < -0.3 is 4.90 Å². The van der Waals surface area contributed by atoms with Gasteiger partial charge in [-0.2, -0.15) is 4.31 Å². The lowest BCUT2D eigenvalue weighted by molar-refractivity contribution is -0.143. The molecule has 1 atom stereocenters. The summed E-state index contributed by atoms with van der Waals surface area (Å²) in [5.41, 5.74) is 0.535. The molecule has 6 heteroatoms. The summed E-state index contributed by atoms with van der Waals surface area (Å²) < 4.78 is 27.8. The lowest BCUT2D eigenvalue weighted by Crippen LogP contribution is -2.63. The Hall–Kier alpha value is -1.66. The minimum atomic E-state index is -3.55. The number of benzene rings is 1. The maximum absolute atomic E-state index is 13.1. The minimum absolute atomic E-state index is 0.112. The molecule has 2 aliphatic rings. The molecule has 1 amide bonds. The fourth-order valence-electron chi connectivity index (χ4n) is 4.15. The average molecular weight is 362 g/mol. The molecule has 0 N–H and O–H groups in total. The van der Waals surface area contributed by atoms with Gasteiger partial charge in [-0.25, -0.2) is 8.42 Å². The number of likely N-dealkylation sites (tertiary alicyclic amines) is 1. The monoisotopic (exact) mass is 362 g/mol. The molecule has 2 aliphatic heterocycles.